The Labute approximate surface area is 138 Å². The molecule has 2 heterocycles. The fraction of sp³-hybridized carbons (Fsp3) is 0.167. The van der Waals surface area contributed by atoms with Crippen LogP contribution in [0.5, 0.6) is 5.75 Å². The summed E-state index contributed by atoms with van der Waals surface area (Å²) in [6, 6.07) is 17.3. The standard InChI is InChI=1S/C18H15N3O3/c1-22-14-9-7-12(8-10-14)15-11-16(24-21-15)18-20-19-17(23-18)13-5-3-2-4-6-13/h2-10,16H,11H2,1H3. The van der Waals surface area contributed by atoms with Crippen molar-refractivity contribution < 1.29 is 14.0 Å². The number of methoxy groups -OCH3 is 1. The lowest BCUT2D eigenvalue weighted by molar-refractivity contribution is 0.0651. The minimum Gasteiger partial charge on any atom is -0.497 e. The van der Waals surface area contributed by atoms with E-state index in [9.17, 15) is 0 Å². The summed E-state index contributed by atoms with van der Waals surface area (Å²) in [6.45, 7) is 0. The highest BCUT2D eigenvalue weighted by molar-refractivity contribution is 6.01. The molecule has 24 heavy (non-hydrogen) atoms. The van der Waals surface area contributed by atoms with Crippen LogP contribution in [0.15, 0.2) is 64.2 Å². The molecule has 0 N–H and O–H groups in total. The van der Waals surface area contributed by atoms with Crippen molar-refractivity contribution in [3.8, 4) is 17.2 Å². The molecule has 1 aliphatic rings. The third-order valence-corrected chi connectivity index (χ3v) is 3.83. The highest BCUT2D eigenvalue weighted by Gasteiger charge is 2.29. The molecule has 0 fully saturated rings. The highest BCUT2D eigenvalue weighted by atomic mass is 16.6. The van der Waals surface area contributed by atoms with Crippen LogP contribution in [0, 0.1) is 0 Å². The molecule has 0 bridgehead atoms. The second-order valence-corrected chi connectivity index (χ2v) is 5.38. The first-order chi connectivity index (χ1) is 11.8. The third kappa shape index (κ3) is 2.74. The summed E-state index contributed by atoms with van der Waals surface area (Å²) < 4.78 is 10.9. The molecule has 0 spiro atoms. The van der Waals surface area contributed by atoms with Crippen molar-refractivity contribution in [1.82, 2.24) is 10.2 Å². The summed E-state index contributed by atoms with van der Waals surface area (Å²) in [5.74, 6) is 1.72. The van der Waals surface area contributed by atoms with E-state index >= 15 is 0 Å². The van der Waals surface area contributed by atoms with Crippen LogP contribution in [-0.4, -0.2) is 23.0 Å². The van der Waals surface area contributed by atoms with Gasteiger partial charge in [-0.15, -0.1) is 10.2 Å². The lowest BCUT2D eigenvalue weighted by Crippen LogP contribution is -2.02. The molecule has 4 rings (SSSR count). The monoisotopic (exact) mass is 321 g/mol. The number of rotatable bonds is 4. The summed E-state index contributed by atoms with van der Waals surface area (Å²) in [6.07, 6.45) is 0.231. The maximum absolute atomic E-state index is 5.73. The van der Waals surface area contributed by atoms with E-state index in [1.807, 2.05) is 54.6 Å². The lowest BCUT2D eigenvalue weighted by atomic mass is 10.1. The largest absolute Gasteiger partial charge is 0.497 e. The third-order valence-electron chi connectivity index (χ3n) is 3.83. The number of hydrogen-bond donors (Lipinski definition) is 0. The minimum atomic E-state index is -0.355. The Hall–Kier alpha value is -3.15. The van der Waals surface area contributed by atoms with Gasteiger partial charge in [-0.25, -0.2) is 0 Å². The molecule has 1 aromatic heterocycles. The van der Waals surface area contributed by atoms with Crippen LogP contribution in [0.2, 0.25) is 0 Å². The van der Waals surface area contributed by atoms with Gasteiger partial charge in [-0.2, -0.15) is 0 Å². The Morgan fingerprint density at radius 1 is 0.958 bits per heavy atom. The van der Waals surface area contributed by atoms with E-state index < -0.39 is 0 Å². The molecule has 2 aromatic carbocycles. The van der Waals surface area contributed by atoms with Crippen LogP contribution >= 0.6 is 0 Å². The van der Waals surface area contributed by atoms with Gasteiger partial charge in [-0.05, 0) is 42.0 Å². The van der Waals surface area contributed by atoms with Crippen LogP contribution in [0.3, 0.4) is 0 Å². The van der Waals surface area contributed by atoms with Crippen molar-refractivity contribution in [2.24, 2.45) is 5.16 Å². The molecule has 0 saturated heterocycles. The maximum Gasteiger partial charge on any atom is 0.260 e. The van der Waals surface area contributed by atoms with Crippen LogP contribution in [0.4, 0.5) is 0 Å². The predicted octanol–water partition coefficient (Wildman–Crippen LogP) is 3.61. The maximum atomic E-state index is 5.73. The van der Waals surface area contributed by atoms with E-state index in [1.165, 1.54) is 0 Å². The van der Waals surface area contributed by atoms with Gasteiger partial charge in [0.25, 0.3) is 5.89 Å². The smallest absolute Gasteiger partial charge is 0.260 e. The highest BCUT2D eigenvalue weighted by Crippen LogP contribution is 2.30. The van der Waals surface area contributed by atoms with Crippen molar-refractivity contribution in [1.29, 1.82) is 0 Å². The second-order valence-electron chi connectivity index (χ2n) is 5.38. The van der Waals surface area contributed by atoms with E-state index in [0.717, 1.165) is 22.6 Å². The number of oxime groups is 1. The predicted molar refractivity (Wildman–Crippen MR) is 87.7 cm³/mol. The molecule has 0 radical (unpaired) electrons. The van der Waals surface area contributed by atoms with Crippen molar-refractivity contribution in [2.75, 3.05) is 7.11 Å². The Morgan fingerprint density at radius 3 is 2.50 bits per heavy atom. The van der Waals surface area contributed by atoms with Gasteiger partial charge in [-0.1, -0.05) is 23.4 Å². The average Bonchev–Trinajstić information content (AvgIpc) is 3.32. The normalized spacial score (nSPS) is 16.5. The molecule has 6 nitrogen and oxygen atoms in total. The molecule has 0 amide bonds. The van der Waals surface area contributed by atoms with Gasteiger partial charge in [0, 0.05) is 12.0 Å². The first kappa shape index (κ1) is 14.4. The zero-order valence-corrected chi connectivity index (χ0v) is 13.0. The number of hydrogen-bond acceptors (Lipinski definition) is 6. The fourth-order valence-corrected chi connectivity index (χ4v) is 2.53. The van der Waals surface area contributed by atoms with Gasteiger partial charge >= 0.3 is 0 Å². The molecule has 1 atom stereocenters. The van der Waals surface area contributed by atoms with E-state index in [-0.39, 0.29) is 6.10 Å². The number of benzene rings is 2. The quantitative estimate of drug-likeness (QED) is 0.734. The minimum absolute atomic E-state index is 0.355. The van der Waals surface area contributed by atoms with Crippen LogP contribution in [0.1, 0.15) is 24.0 Å². The summed E-state index contributed by atoms with van der Waals surface area (Å²) in [7, 11) is 1.64. The summed E-state index contributed by atoms with van der Waals surface area (Å²) in [4.78, 5) is 5.47. The molecule has 1 aliphatic heterocycles. The van der Waals surface area contributed by atoms with Gasteiger partial charge in [0.15, 0.2) is 0 Å². The lowest BCUT2D eigenvalue weighted by Gasteiger charge is -2.03. The number of aromatic nitrogens is 2. The zero-order valence-electron chi connectivity index (χ0n) is 13.0. The van der Waals surface area contributed by atoms with Crippen molar-refractivity contribution in [3.05, 3.63) is 66.1 Å². The van der Waals surface area contributed by atoms with Crippen molar-refractivity contribution in [2.45, 2.75) is 12.5 Å². The van der Waals surface area contributed by atoms with E-state index in [2.05, 4.69) is 15.4 Å². The molecule has 0 aliphatic carbocycles. The Balaban J connectivity index is 1.49. The first-order valence-electron chi connectivity index (χ1n) is 7.59. The van der Waals surface area contributed by atoms with Crippen LogP contribution < -0.4 is 4.74 Å². The Kier molecular flexibility index (Phi) is 3.70. The summed E-state index contributed by atoms with van der Waals surface area (Å²) in [5.41, 5.74) is 2.72. The number of nitrogens with zero attached hydrogens (tertiary/aromatic N) is 3. The van der Waals surface area contributed by atoms with Gasteiger partial charge in [0.2, 0.25) is 12.0 Å². The van der Waals surface area contributed by atoms with Crippen molar-refractivity contribution >= 4 is 5.71 Å². The average molecular weight is 321 g/mol. The van der Waals surface area contributed by atoms with Crippen LogP contribution in [0.25, 0.3) is 11.5 Å². The Morgan fingerprint density at radius 2 is 1.75 bits per heavy atom. The van der Waals surface area contributed by atoms with Crippen molar-refractivity contribution in [3.63, 3.8) is 0 Å². The fourth-order valence-electron chi connectivity index (χ4n) is 2.53. The topological polar surface area (TPSA) is 69.7 Å². The summed E-state index contributed by atoms with van der Waals surface area (Å²) in [5, 5.41) is 12.3. The zero-order chi connectivity index (χ0) is 16.4. The van der Waals surface area contributed by atoms with E-state index in [0.29, 0.717) is 18.2 Å². The van der Waals surface area contributed by atoms with Gasteiger partial charge < -0.3 is 14.0 Å². The van der Waals surface area contributed by atoms with E-state index in [4.69, 9.17) is 14.0 Å². The molecular formula is C18H15N3O3. The number of ether oxygens (including phenoxy) is 1. The molecule has 120 valence electrons. The molecular weight excluding hydrogens is 306 g/mol. The Bertz CT molecular complexity index is 857. The van der Waals surface area contributed by atoms with Gasteiger partial charge in [-0.3, -0.25) is 0 Å². The van der Waals surface area contributed by atoms with Crippen LogP contribution in [-0.2, 0) is 4.84 Å². The second kappa shape index (κ2) is 6.16. The van der Waals surface area contributed by atoms with E-state index in [1.54, 1.807) is 7.11 Å². The molecule has 1 unspecified atom stereocenters. The summed E-state index contributed by atoms with van der Waals surface area (Å²) >= 11 is 0. The molecule has 6 heteroatoms. The van der Waals surface area contributed by atoms with Gasteiger partial charge in [0.05, 0.1) is 12.8 Å². The van der Waals surface area contributed by atoms with Gasteiger partial charge in [0.1, 0.15) is 5.75 Å². The molecule has 0 saturated carbocycles. The molecule has 3 aromatic rings. The SMILES string of the molecule is COc1ccc(C2=NOC(c3nnc(-c4ccccc4)o3)C2)cc1. The first-order valence-corrected chi connectivity index (χ1v) is 7.59.